The Labute approximate surface area is 126 Å². The second kappa shape index (κ2) is 5.68. The summed E-state index contributed by atoms with van der Waals surface area (Å²) >= 11 is 0. The predicted molar refractivity (Wildman–Crippen MR) is 86.5 cm³/mol. The van der Waals surface area contributed by atoms with Gasteiger partial charge in [0.15, 0.2) is 0 Å². The average Bonchev–Trinajstić information content (AvgIpc) is 3.30. The quantitative estimate of drug-likeness (QED) is 0.924. The molecule has 1 fully saturated rings. The molecule has 0 saturated heterocycles. The van der Waals surface area contributed by atoms with Gasteiger partial charge in [0.2, 0.25) is 5.91 Å². The second-order valence-electron chi connectivity index (χ2n) is 6.52. The minimum Gasteiger partial charge on any atom is -0.368 e. The minimum absolute atomic E-state index is 0.117. The Morgan fingerprint density at radius 1 is 1.24 bits per heavy atom. The standard InChI is InChI=1S/C17H25N3O/c1-12(13(2)18)17(21)20-10-9-19(11-14-7-8-14)15-5-3-4-6-16(15)20/h3-6,12-14H,7-11,18H2,1-2H3. The first-order valence-corrected chi connectivity index (χ1v) is 7.99. The smallest absolute Gasteiger partial charge is 0.231 e. The summed E-state index contributed by atoms with van der Waals surface area (Å²) in [6.45, 7) is 6.64. The number of carbonyl (C=O) groups excluding carboxylic acids is 1. The van der Waals surface area contributed by atoms with Crippen molar-refractivity contribution < 1.29 is 4.79 Å². The van der Waals surface area contributed by atoms with Crippen LogP contribution in [0.5, 0.6) is 0 Å². The summed E-state index contributed by atoms with van der Waals surface area (Å²) in [5, 5.41) is 0. The largest absolute Gasteiger partial charge is 0.368 e. The molecule has 2 aliphatic rings. The van der Waals surface area contributed by atoms with Crippen LogP contribution in [0.2, 0.25) is 0 Å². The fraction of sp³-hybridized carbons (Fsp3) is 0.588. The van der Waals surface area contributed by atoms with Gasteiger partial charge in [0.25, 0.3) is 0 Å². The normalized spacial score (nSPS) is 20.9. The van der Waals surface area contributed by atoms with Crippen LogP contribution in [0.4, 0.5) is 11.4 Å². The molecule has 0 spiro atoms. The highest BCUT2D eigenvalue weighted by molar-refractivity contribution is 5.99. The number of benzene rings is 1. The van der Waals surface area contributed by atoms with Crippen LogP contribution in [0.3, 0.4) is 0 Å². The molecule has 0 aromatic heterocycles. The summed E-state index contributed by atoms with van der Waals surface area (Å²) < 4.78 is 0. The SMILES string of the molecule is CC(N)C(C)C(=O)N1CCN(CC2CC2)c2ccccc21. The molecule has 21 heavy (non-hydrogen) atoms. The van der Waals surface area contributed by atoms with Gasteiger partial charge in [-0.25, -0.2) is 0 Å². The molecule has 2 unspecified atom stereocenters. The molecule has 2 N–H and O–H groups in total. The lowest BCUT2D eigenvalue weighted by Crippen LogP contribution is -2.48. The number of rotatable bonds is 4. The Bertz CT molecular complexity index is 525. The van der Waals surface area contributed by atoms with E-state index in [1.807, 2.05) is 24.8 Å². The van der Waals surface area contributed by atoms with Gasteiger partial charge in [-0.05, 0) is 37.8 Å². The van der Waals surface area contributed by atoms with Crippen molar-refractivity contribution in [2.45, 2.75) is 32.7 Å². The second-order valence-corrected chi connectivity index (χ2v) is 6.52. The molecular formula is C17H25N3O. The first kappa shape index (κ1) is 14.4. The van der Waals surface area contributed by atoms with Gasteiger partial charge in [0.1, 0.15) is 0 Å². The number of para-hydroxylation sites is 2. The molecule has 3 rings (SSSR count). The highest BCUT2D eigenvalue weighted by Crippen LogP contribution is 2.37. The molecule has 1 heterocycles. The Hall–Kier alpha value is -1.55. The number of amides is 1. The van der Waals surface area contributed by atoms with Crippen LogP contribution < -0.4 is 15.5 Å². The third-order valence-electron chi connectivity index (χ3n) is 4.73. The maximum Gasteiger partial charge on any atom is 0.231 e. The van der Waals surface area contributed by atoms with Crippen molar-refractivity contribution in [3.8, 4) is 0 Å². The topological polar surface area (TPSA) is 49.6 Å². The lowest BCUT2D eigenvalue weighted by molar-refractivity contribution is -0.122. The zero-order chi connectivity index (χ0) is 15.0. The maximum absolute atomic E-state index is 12.7. The molecule has 1 amide bonds. The molecule has 114 valence electrons. The summed E-state index contributed by atoms with van der Waals surface area (Å²) in [6, 6.07) is 8.14. The Morgan fingerprint density at radius 2 is 1.90 bits per heavy atom. The van der Waals surface area contributed by atoms with Gasteiger partial charge in [-0.1, -0.05) is 19.1 Å². The Morgan fingerprint density at radius 3 is 2.52 bits per heavy atom. The summed E-state index contributed by atoms with van der Waals surface area (Å²) in [4.78, 5) is 17.0. The van der Waals surface area contributed by atoms with E-state index in [2.05, 4.69) is 23.1 Å². The fourth-order valence-electron chi connectivity index (χ4n) is 2.92. The van der Waals surface area contributed by atoms with Crippen LogP contribution in [0, 0.1) is 11.8 Å². The first-order valence-electron chi connectivity index (χ1n) is 7.99. The molecule has 1 aliphatic carbocycles. The van der Waals surface area contributed by atoms with Gasteiger partial charge >= 0.3 is 0 Å². The molecule has 1 saturated carbocycles. The average molecular weight is 287 g/mol. The molecule has 4 nitrogen and oxygen atoms in total. The number of nitrogens with two attached hydrogens (primary N) is 1. The van der Waals surface area contributed by atoms with Gasteiger partial charge < -0.3 is 15.5 Å². The minimum atomic E-state index is -0.145. The number of hydrogen-bond donors (Lipinski definition) is 1. The summed E-state index contributed by atoms with van der Waals surface area (Å²) in [5.74, 6) is 0.847. The number of nitrogens with zero attached hydrogens (tertiary/aromatic N) is 2. The Balaban J connectivity index is 1.85. The molecule has 4 heteroatoms. The van der Waals surface area contributed by atoms with Crippen molar-refractivity contribution in [2.24, 2.45) is 17.6 Å². The lowest BCUT2D eigenvalue weighted by Gasteiger charge is -2.39. The molecular weight excluding hydrogens is 262 g/mol. The van der Waals surface area contributed by atoms with E-state index in [0.717, 1.165) is 31.2 Å². The molecule has 1 aromatic carbocycles. The highest BCUT2D eigenvalue weighted by Gasteiger charge is 2.32. The van der Waals surface area contributed by atoms with Crippen LogP contribution in [-0.4, -0.2) is 31.6 Å². The molecule has 2 atom stereocenters. The van der Waals surface area contributed by atoms with Crippen molar-refractivity contribution in [1.82, 2.24) is 0 Å². The van der Waals surface area contributed by atoms with Crippen molar-refractivity contribution in [1.29, 1.82) is 0 Å². The van der Waals surface area contributed by atoms with Crippen molar-refractivity contribution >= 4 is 17.3 Å². The molecule has 0 radical (unpaired) electrons. The van der Waals surface area contributed by atoms with Crippen LogP contribution in [0.25, 0.3) is 0 Å². The summed E-state index contributed by atoms with van der Waals surface area (Å²) in [5.41, 5.74) is 8.15. The van der Waals surface area contributed by atoms with Crippen molar-refractivity contribution in [3.05, 3.63) is 24.3 Å². The van der Waals surface area contributed by atoms with E-state index in [9.17, 15) is 4.79 Å². The third-order valence-corrected chi connectivity index (χ3v) is 4.73. The predicted octanol–water partition coefficient (Wildman–Crippen LogP) is 2.23. The zero-order valence-electron chi connectivity index (χ0n) is 13.0. The van der Waals surface area contributed by atoms with E-state index >= 15 is 0 Å². The van der Waals surface area contributed by atoms with Crippen LogP contribution in [0.1, 0.15) is 26.7 Å². The van der Waals surface area contributed by atoms with Gasteiger partial charge in [0, 0.05) is 25.7 Å². The number of anilines is 2. The van der Waals surface area contributed by atoms with Crippen LogP contribution in [0.15, 0.2) is 24.3 Å². The van der Waals surface area contributed by atoms with Gasteiger partial charge in [-0.15, -0.1) is 0 Å². The van der Waals surface area contributed by atoms with Gasteiger partial charge in [0.05, 0.1) is 17.3 Å². The summed E-state index contributed by atoms with van der Waals surface area (Å²) in [7, 11) is 0. The van der Waals surface area contributed by atoms with E-state index in [4.69, 9.17) is 5.73 Å². The van der Waals surface area contributed by atoms with E-state index < -0.39 is 0 Å². The van der Waals surface area contributed by atoms with E-state index in [0.29, 0.717) is 0 Å². The van der Waals surface area contributed by atoms with Crippen molar-refractivity contribution in [2.75, 3.05) is 29.4 Å². The zero-order valence-corrected chi connectivity index (χ0v) is 13.0. The Kier molecular flexibility index (Phi) is 3.89. The van der Waals surface area contributed by atoms with Crippen LogP contribution >= 0.6 is 0 Å². The highest BCUT2D eigenvalue weighted by atomic mass is 16.2. The van der Waals surface area contributed by atoms with E-state index in [1.165, 1.54) is 18.5 Å². The fourth-order valence-corrected chi connectivity index (χ4v) is 2.92. The third kappa shape index (κ3) is 2.91. The number of carbonyl (C=O) groups is 1. The molecule has 1 aliphatic heterocycles. The molecule has 0 bridgehead atoms. The maximum atomic E-state index is 12.7. The van der Waals surface area contributed by atoms with E-state index in [-0.39, 0.29) is 17.9 Å². The molecule has 1 aromatic rings. The van der Waals surface area contributed by atoms with Crippen LogP contribution in [-0.2, 0) is 4.79 Å². The monoisotopic (exact) mass is 287 g/mol. The number of hydrogen-bond acceptors (Lipinski definition) is 3. The van der Waals surface area contributed by atoms with Gasteiger partial charge in [-0.2, -0.15) is 0 Å². The van der Waals surface area contributed by atoms with E-state index in [1.54, 1.807) is 0 Å². The summed E-state index contributed by atoms with van der Waals surface area (Å²) in [6.07, 6.45) is 2.70. The van der Waals surface area contributed by atoms with Crippen molar-refractivity contribution in [3.63, 3.8) is 0 Å². The lowest BCUT2D eigenvalue weighted by atomic mass is 10.0. The number of fused-ring (bicyclic) bond motifs is 1. The van der Waals surface area contributed by atoms with Gasteiger partial charge in [-0.3, -0.25) is 4.79 Å². The first-order chi connectivity index (χ1) is 10.1.